The van der Waals surface area contributed by atoms with Gasteiger partial charge in [0.25, 0.3) is 0 Å². The lowest BCUT2D eigenvalue weighted by atomic mass is 10.3. The zero-order valence-electron chi connectivity index (χ0n) is 12.0. The molecule has 2 rings (SSSR count). The van der Waals surface area contributed by atoms with Crippen molar-refractivity contribution in [2.24, 2.45) is 0 Å². The zero-order chi connectivity index (χ0) is 14.4. The van der Waals surface area contributed by atoms with Crippen molar-refractivity contribution in [3.8, 4) is 0 Å². The number of hydrogen-bond donors (Lipinski definition) is 1. The molecule has 0 radical (unpaired) electrons. The lowest BCUT2D eigenvalue weighted by Gasteiger charge is -2.19. The summed E-state index contributed by atoms with van der Waals surface area (Å²) in [6.45, 7) is 5.23. The average molecular weight is 353 g/mol. The van der Waals surface area contributed by atoms with Crippen molar-refractivity contribution in [1.82, 2.24) is 5.32 Å². The molecule has 0 aliphatic heterocycles. The molecule has 0 saturated carbocycles. The van der Waals surface area contributed by atoms with E-state index in [2.05, 4.69) is 76.5 Å². The second kappa shape index (κ2) is 7.81. The van der Waals surface area contributed by atoms with E-state index in [1.165, 1.54) is 19.9 Å². The molecule has 1 aromatic heterocycles. The summed E-state index contributed by atoms with van der Waals surface area (Å²) in [6.07, 6.45) is 1.15. The average Bonchev–Trinajstić information content (AvgIpc) is 2.78. The topological polar surface area (TPSA) is 15.3 Å². The van der Waals surface area contributed by atoms with Gasteiger partial charge in [0.1, 0.15) is 0 Å². The summed E-state index contributed by atoms with van der Waals surface area (Å²) < 4.78 is 1.23. The van der Waals surface area contributed by atoms with Crippen LogP contribution in [0.1, 0.15) is 16.2 Å². The number of anilines is 1. The fourth-order valence-electron chi connectivity index (χ4n) is 2.07. The van der Waals surface area contributed by atoms with Crippen LogP contribution in [0.15, 0.2) is 40.9 Å². The fraction of sp³-hybridized carbons (Fsp3) is 0.375. The van der Waals surface area contributed by atoms with Crippen molar-refractivity contribution < 1.29 is 0 Å². The van der Waals surface area contributed by atoms with Gasteiger partial charge in [0.05, 0.1) is 0 Å². The SMILES string of the molecule is Cc1sc(CNCCCN(C)c2ccccc2)cc1Br. The predicted molar refractivity (Wildman–Crippen MR) is 92.8 cm³/mol. The van der Waals surface area contributed by atoms with Gasteiger partial charge >= 0.3 is 0 Å². The fourth-order valence-corrected chi connectivity index (χ4v) is 3.64. The molecule has 1 heterocycles. The van der Waals surface area contributed by atoms with Crippen molar-refractivity contribution in [1.29, 1.82) is 0 Å². The summed E-state index contributed by atoms with van der Waals surface area (Å²) in [4.78, 5) is 5.05. The van der Waals surface area contributed by atoms with Crippen LogP contribution in [0.25, 0.3) is 0 Å². The number of thiophene rings is 1. The maximum atomic E-state index is 3.56. The minimum atomic E-state index is 0.964. The molecule has 2 aromatic rings. The molecule has 0 amide bonds. The number of nitrogens with one attached hydrogen (secondary N) is 1. The predicted octanol–water partition coefficient (Wildman–Crippen LogP) is 4.44. The lowest BCUT2D eigenvalue weighted by molar-refractivity contribution is 0.650. The first-order valence-corrected chi connectivity index (χ1v) is 8.49. The number of hydrogen-bond acceptors (Lipinski definition) is 3. The van der Waals surface area contributed by atoms with E-state index in [1.54, 1.807) is 0 Å². The van der Waals surface area contributed by atoms with Crippen LogP contribution in [0.3, 0.4) is 0 Å². The molecular weight excluding hydrogens is 332 g/mol. The van der Waals surface area contributed by atoms with Gasteiger partial charge in [-0.05, 0) is 54.0 Å². The number of aryl methyl sites for hydroxylation is 1. The van der Waals surface area contributed by atoms with Crippen LogP contribution in [0.5, 0.6) is 0 Å². The van der Waals surface area contributed by atoms with E-state index in [1.807, 2.05) is 11.3 Å². The Labute approximate surface area is 133 Å². The third kappa shape index (κ3) is 4.62. The number of benzene rings is 1. The van der Waals surface area contributed by atoms with Crippen molar-refractivity contribution in [2.75, 3.05) is 25.0 Å². The molecule has 0 unspecified atom stereocenters. The van der Waals surface area contributed by atoms with E-state index in [9.17, 15) is 0 Å². The van der Waals surface area contributed by atoms with Crippen LogP contribution in [-0.4, -0.2) is 20.1 Å². The third-order valence-corrected chi connectivity index (χ3v) is 5.39. The van der Waals surface area contributed by atoms with E-state index < -0.39 is 0 Å². The smallest absolute Gasteiger partial charge is 0.0363 e. The van der Waals surface area contributed by atoms with E-state index in [0.29, 0.717) is 0 Å². The molecule has 0 bridgehead atoms. The summed E-state index contributed by atoms with van der Waals surface area (Å²) in [7, 11) is 2.15. The maximum Gasteiger partial charge on any atom is 0.0363 e. The monoisotopic (exact) mass is 352 g/mol. The number of nitrogens with zero attached hydrogens (tertiary/aromatic N) is 1. The molecule has 108 valence electrons. The van der Waals surface area contributed by atoms with Gasteiger partial charge in [-0.2, -0.15) is 0 Å². The molecule has 0 saturated heterocycles. The molecule has 20 heavy (non-hydrogen) atoms. The molecule has 0 aliphatic carbocycles. The third-order valence-electron chi connectivity index (χ3n) is 3.25. The standard InChI is InChI=1S/C16H21BrN2S/c1-13-16(17)11-15(20-13)12-18-9-6-10-19(2)14-7-4-3-5-8-14/h3-5,7-8,11,18H,6,9-10,12H2,1-2H3. The molecule has 0 fully saturated rings. The van der Waals surface area contributed by atoms with Gasteiger partial charge in [0.15, 0.2) is 0 Å². The van der Waals surface area contributed by atoms with Crippen molar-refractivity contribution in [3.63, 3.8) is 0 Å². The van der Waals surface area contributed by atoms with E-state index in [-0.39, 0.29) is 0 Å². The maximum absolute atomic E-state index is 3.56. The van der Waals surface area contributed by atoms with Gasteiger partial charge in [-0.3, -0.25) is 0 Å². The Morgan fingerprint density at radius 1 is 1.25 bits per heavy atom. The van der Waals surface area contributed by atoms with E-state index >= 15 is 0 Å². The first-order chi connectivity index (χ1) is 9.66. The Morgan fingerprint density at radius 3 is 2.65 bits per heavy atom. The molecule has 0 spiro atoms. The minimum Gasteiger partial charge on any atom is -0.375 e. The highest BCUT2D eigenvalue weighted by atomic mass is 79.9. The van der Waals surface area contributed by atoms with Crippen LogP contribution in [-0.2, 0) is 6.54 Å². The molecule has 0 atom stereocenters. The Bertz CT molecular complexity index is 505. The van der Waals surface area contributed by atoms with Crippen LogP contribution in [0, 0.1) is 6.92 Å². The summed E-state index contributed by atoms with van der Waals surface area (Å²) in [5, 5.41) is 3.51. The van der Waals surface area contributed by atoms with Crippen LogP contribution in [0.4, 0.5) is 5.69 Å². The number of rotatable bonds is 7. The number of halogens is 1. The van der Waals surface area contributed by atoms with Crippen molar-refractivity contribution in [3.05, 3.63) is 50.6 Å². The highest BCUT2D eigenvalue weighted by Gasteiger charge is 2.02. The van der Waals surface area contributed by atoms with Gasteiger partial charge in [-0.15, -0.1) is 11.3 Å². The summed E-state index contributed by atoms with van der Waals surface area (Å²) >= 11 is 5.42. The van der Waals surface area contributed by atoms with Crippen LogP contribution < -0.4 is 10.2 Å². The normalized spacial score (nSPS) is 10.8. The lowest BCUT2D eigenvalue weighted by Crippen LogP contribution is -2.23. The van der Waals surface area contributed by atoms with E-state index in [0.717, 1.165) is 26.1 Å². The quantitative estimate of drug-likeness (QED) is 0.741. The molecule has 0 aliphatic rings. The molecule has 4 heteroatoms. The second-order valence-corrected chi connectivity index (χ2v) is 7.10. The highest BCUT2D eigenvalue weighted by molar-refractivity contribution is 9.10. The second-order valence-electron chi connectivity index (χ2n) is 4.90. The molecule has 1 N–H and O–H groups in total. The molecular formula is C16H21BrN2S. The Balaban J connectivity index is 1.64. The zero-order valence-corrected chi connectivity index (χ0v) is 14.4. The number of para-hydroxylation sites is 1. The summed E-state index contributed by atoms with van der Waals surface area (Å²) in [5.41, 5.74) is 1.28. The van der Waals surface area contributed by atoms with Crippen molar-refractivity contribution >= 4 is 33.0 Å². The van der Waals surface area contributed by atoms with Crippen molar-refractivity contribution in [2.45, 2.75) is 19.9 Å². The van der Waals surface area contributed by atoms with Gasteiger partial charge < -0.3 is 10.2 Å². The highest BCUT2D eigenvalue weighted by Crippen LogP contribution is 2.26. The Morgan fingerprint density at radius 2 is 2.00 bits per heavy atom. The van der Waals surface area contributed by atoms with Crippen LogP contribution in [0.2, 0.25) is 0 Å². The summed E-state index contributed by atoms with van der Waals surface area (Å²) in [6, 6.07) is 12.7. The van der Waals surface area contributed by atoms with E-state index in [4.69, 9.17) is 0 Å². The molecule has 2 nitrogen and oxygen atoms in total. The summed E-state index contributed by atoms with van der Waals surface area (Å²) in [5.74, 6) is 0. The largest absolute Gasteiger partial charge is 0.375 e. The Kier molecular flexibility index (Phi) is 6.07. The first kappa shape index (κ1) is 15.5. The van der Waals surface area contributed by atoms with Gasteiger partial charge in [0.2, 0.25) is 0 Å². The van der Waals surface area contributed by atoms with Gasteiger partial charge in [-0.1, -0.05) is 18.2 Å². The minimum absolute atomic E-state index is 0.964. The van der Waals surface area contributed by atoms with Gasteiger partial charge in [0, 0.05) is 40.1 Å². The Hall–Kier alpha value is -0.840. The first-order valence-electron chi connectivity index (χ1n) is 6.88. The van der Waals surface area contributed by atoms with Crippen LogP contribution >= 0.6 is 27.3 Å². The molecule has 1 aromatic carbocycles. The van der Waals surface area contributed by atoms with Gasteiger partial charge in [-0.25, -0.2) is 0 Å².